The Labute approximate surface area is 216 Å². The van der Waals surface area contributed by atoms with Crippen LogP contribution in [0.4, 0.5) is 31.3 Å². The Morgan fingerprint density at radius 3 is 2.42 bits per heavy atom. The summed E-state index contributed by atoms with van der Waals surface area (Å²) in [5.41, 5.74) is -1.38. The summed E-state index contributed by atoms with van der Waals surface area (Å²) in [6.07, 6.45) is -7.23. The van der Waals surface area contributed by atoms with Gasteiger partial charge in [0.15, 0.2) is 5.82 Å². The number of thiazole rings is 1. The van der Waals surface area contributed by atoms with Gasteiger partial charge in [-0.05, 0) is 12.1 Å². The minimum absolute atomic E-state index is 0.0165. The second-order valence-electron chi connectivity index (χ2n) is 8.93. The molecule has 1 aliphatic heterocycles. The summed E-state index contributed by atoms with van der Waals surface area (Å²) in [4.78, 5) is 27.1. The quantitative estimate of drug-likeness (QED) is 0.457. The second-order valence-corrected chi connectivity index (χ2v) is 9.90. The van der Waals surface area contributed by atoms with Gasteiger partial charge in [0.05, 0.1) is 12.6 Å². The number of carbonyl (C=O) groups excluding carboxylic acids is 1. The van der Waals surface area contributed by atoms with Gasteiger partial charge >= 0.3 is 12.4 Å². The van der Waals surface area contributed by atoms with Gasteiger partial charge in [-0.15, -0.1) is 0 Å². The lowest BCUT2D eigenvalue weighted by Crippen LogP contribution is -2.57. The number of carbonyl (C=O) groups is 1. The van der Waals surface area contributed by atoms with E-state index in [0.29, 0.717) is 23.2 Å². The van der Waals surface area contributed by atoms with Gasteiger partial charge in [0, 0.05) is 37.3 Å². The van der Waals surface area contributed by atoms with E-state index < -0.39 is 35.7 Å². The van der Waals surface area contributed by atoms with Crippen molar-refractivity contribution in [3.63, 3.8) is 0 Å². The molecule has 1 saturated heterocycles. The predicted octanol–water partition coefficient (Wildman–Crippen LogP) is 3.67. The van der Waals surface area contributed by atoms with Crippen LogP contribution in [0.5, 0.6) is 0 Å². The Hall–Kier alpha value is -3.27. The zero-order chi connectivity index (χ0) is 27.8. The van der Waals surface area contributed by atoms with Crippen LogP contribution in [0.2, 0.25) is 0 Å². The highest BCUT2D eigenvalue weighted by Crippen LogP contribution is 2.43. The number of aromatic nitrogens is 5. The molecule has 1 amide bonds. The lowest BCUT2D eigenvalue weighted by molar-refractivity contribution is -0.141. The number of piperazine rings is 1. The molecular formula is C22H23F6N7O2S. The summed E-state index contributed by atoms with van der Waals surface area (Å²) in [6.45, 7) is 3.40. The minimum Gasteiger partial charge on any atom is -0.394 e. The van der Waals surface area contributed by atoms with Gasteiger partial charge in [-0.1, -0.05) is 25.2 Å². The summed E-state index contributed by atoms with van der Waals surface area (Å²) in [5, 5.41) is 13.1. The van der Waals surface area contributed by atoms with E-state index in [-0.39, 0.29) is 54.3 Å². The van der Waals surface area contributed by atoms with E-state index in [0.717, 1.165) is 12.3 Å². The van der Waals surface area contributed by atoms with Crippen molar-refractivity contribution in [3.05, 3.63) is 41.2 Å². The number of amides is 1. The van der Waals surface area contributed by atoms with Crippen molar-refractivity contribution in [2.24, 2.45) is 0 Å². The molecule has 0 radical (unpaired) electrons. The Balaban J connectivity index is 1.57. The number of aliphatic hydroxyl groups is 1. The number of aliphatic hydroxyl groups excluding tert-OH is 1. The maximum atomic E-state index is 13.5. The molecule has 38 heavy (non-hydrogen) atoms. The zero-order valence-electron chi connectivity index (χ0n) is 20.2. The van der Waals surface area contributed by atoms with Crippen molar-refractivity contribution in [2.75, 3.05) is 31.1 Å². The Morgan fingerprint density at radius 2 is 1.87 bits per heavy atom. The van der Waals surface area contributed by atoms with E-state index in [9.17, 15) is 36.2 Å². The number of hydrogen-bond donors (Lipinski definition) is 1. The topological polar surface area (TPSA) is 100 Å². The van der Waals surface area contributed by atoms with Gasteiger partial charge in [-0.2, -0.15) is 31.4 Å². The van der Waals surface area contributed by atoms with Crippen molar-refractivity contribution in [1.82, 2.24) is 29.6 Å². The maximum Gasteiger partial charge on any atom is 0.443 e. The molecule has 0 aromatic carbocycles. The van der Waals surface area contributed by atoms with E-state index in [2.05, 4.69) is 20.1 Å². The molecule has 0 bridgehead atoms. The van der Waals surface area contributed by atoms with Crippen LogP contribution in [0.25, 0.3) is 11.3 Å². The third-order valence-corrected chi connectivity index (χ3v) is 7.01. The first-order chi connectivity index (χ1) is 17.8. The highest BCUT2D eigenvalue weighted by Gasteiger charge is 2.39. The van der Waals surface area contributed by atoms with Crippen LogP contribution in [-0.2, 0) is 23.7 Å². The molecule has 0 spiro atoms. The number of pyridine rings is 1. The molecule has 1 atom stereocenters. The SMILES string of the molecule is CC(C)c1ncn(CC(=O)N2CCN(c3sc(C(F)(F)F)nc3-c3ccc(C(F)(F)F)nc3)CC2CO)n1. The van der Waals surface area contributed by atoms with Crippen LogP contribution in [0.3, 0.4) is 0 Å². The lowest BCUT2D eigenvalue weighted by Gasteiger charge is -2.41. The highest BCUT2D eigenvalue weighted by atomic mass is 32.1. The minimum atomic E-state index is -4.78. The third kappa shape index (κ3) is 5.90. The fraction of sp³-hybridized carbons (Fsp3) is 0.500. The van der Waals surface area contributed by atoms with Crippen LogP contribution < -0.4 is 4.90 Å². The monoisotopic (exact) mass is 563 g/mol. The van der Waals surface area contributed by atoms with E-state index in [4.69, 9.17) is 0 Å². The third-order valence-electron chi connectivity index (χ3n) is 5.85. The first kappa shape index (κ1) is 27.8. The van der Waals surface area contributed by atoms with Crippen molar-refractivity contribution in [2.45, 2.75) is 44.7 Å². The number of alkyl halides is 6. The van der Waals surface area contributed by atoms with Crippen LogP contribution in [-0.4, -0.2) is 72.9 Å². The highest BCUT2D eigenvalue weighted by molar-refractivity contribution is 7.16. The van der Waals surface area contributed by atoms with Crippen LogP contribution >= 0.6 is 11.3 Å². The van der Waals surface area contributed by atoms with Crippen LogP contribution in [0.1, 0.15) is 36.3 Å². The maximum absolute atomic E-state index is 13.5. The molecule has 3 aromatic rings. The van der Waals surface area contributed by atoms with Gasteiger partial charge in [-0.25, -0.2) is 14.6 Å². The van der Waals surface area contributed by atoms with E-state index in [1.165, 1.54) is 20.8 Å². The van der Waals surface area contributed by atoms with E-state index in [1.807, 2.05) is 13.8 Å². The van der Waals surface area contributed by atoms with Gasteiger partial charge < -0.3 is 14.9 Å². The van der Waals surface area contributed by atoms with Gasteiger partial charge in [0.1, 0.15) is 29.3 Å². The Kier molecular flexibility index (Phi) is 7.65. The van der Waals surface area contributed by atoms with Crippen molar-refractivity contribution >= 4 is 22.2 Å². The first-order valence-electron chi connectivity index (χ1n) is 11.4. The van der Waals surface area contributed by atoms with Crippen molar-refractivity contribution < 1.29 is 36.2 Å². The number of rotatable bonds is 6. The number of hydrogen-bond acceptors (Lipinski definition) is 8. The standard InChI is InChI=1S/C22H23F6N7O2S/c1-12(2)18-30-11-34(32-18)9-16(37)35-6-5-33(8-14(35)10-36)19-17(31-20(38-19)22(26,27)28)13-3-4-15(29-7-13)21(23,24)25/h3-4,7,11-12,14,36H,5-6,8-10H2,1-2H3. The molecule has 9 nitrogen and oxygen atoms in total. The number of nitrogens with zero attached hydrogens (tertiary/aromatic N) is 7. The van der Waals surface area contributed by atoms with E-state index in [1.54, 1.807) is 0 Å². The average molecular weight is 564 g/mol. The average Bonchev–Trinajstić information content (AvgIpc) is 3.51. The Bertz CT molecular complexity index is 1270. The second kappa shape index (κ2) is 10.5. The summed E-state index contributed by atoms with van der Waals surface area (Å²) in [6, 6.07) is 0.939. The smallest absolute Gasteiger partial charge is 0.394 e. The first-order valence-corrected chi connectivity index (χ1v) is 12.3. The molecule has 4 heterocycles. The van der Waals surface area contributed by atoms with Crippen LogP contribution in [0, 0.1) is 0 Å². The molecule has 1 unspecified atom stereocenters. The van der Waals surface area contributed by atoms with E-state index >= 15 is 0 Å². The number of anilines is 1. The molecule has 16 heteroatoms. The zero-order valence-corrected chi connectivity index (χ0v) is 21.0. The predicted molar refractivity (Wildman–Crippen MR) is 124 cm³/mol. The molecule has 206 valence electrons. The van der Waals surface area contributed by atoms with Crippen molar-refractivity contribution in [3.8, 4) is 11.3 Å². The fourth-order valence-corrected chi connectivity index (χ4v) is 4.93. The molecule has 1 N–H and O–H groups in total. The molecular weight excluding hydrogens is 540 g/mol. The summed E-state index contributed by atoms with van der Waals surface area (Å²) >= 11 is 0.340. The van der Waals surface area contributed by atoms with Crippen LogP contribution in [0.15, 0.2) is 24.7 Å². The summed E-state index contributed by atoms with van der Waals surface area (Å²) < 4.78 is 80.7. The molecule has 1 fully saturated rings. The Morgan fingerprint density at radius 1 is 1.13 bits per heavy atom. The molecule has 3 aromatic heterocycles. The normalized spacial score (nSPS) is 16.9. The largest absolute Gasteiger partial charge is 0.443 e. The van der Waals surface area contributed by atoms with Gasteiger partial charge in [0.25, 0.3) is 0 Å². The molecule has 1 aliphatic rings. The van der Waals surface area contributed by atoms with Gasteiger partial charge in [-0.3, -0.25) is 9.78 Å². The van der Waals surface area contributed by atoms with Gasteiger partial charge in [0.2, 0.25) is 10.9 Å². The molecule has 4 rings (SSSR count). The fourth-order valence-electron chi connectivity index (χ4n) is 3.94. The lowest BCUT2D eigenvalue weighted by atomic mass is 10.1. The summed E-state index contributed by atoms with van der Waals surface area (Å²) in [7, 11) is 0. The molecule has 0 aliphatic carbocycles. The number of halogens is 6. The molecule has 0 saturated carbocycles. The van der Waals surface area contributed by atoms with Crippen molar-refractivity contribution in [1.29, 1.82) is 0 Å². The summed E-state index contributed by atoms with van der Waals surface area (Å²) in [5.74, 6) is 0.281.